The Kier molecular flexibility index (Phi) is 3.64. The van der Waals surface area contributed by atoms with Gasteiger partial charge in [0.05, 0.1) is 16.8 Å². The minimum absolute atomic E-state index is 0.0520. The van der Waals surface area contributed by atoms with Gasteiger partial charge in [0.15, 0.2) is 5.78 Å². The topological polar surface area (TPSA) is 51.1 Å². The number of benzene rings is 3. The number of pyridine rings is 1. The van der Waals surface area contributed by atoms with Crippen LogP contribution in [0.5, 0.6) is 0 Å². The summed E-state index contributed by atoms with van der Waals surface area (Å²) in [6, 6.07) is 20.1. The molecule has 0 atom stereocenters. The van der Waals surface area contributed by atoms with Crippen molar-refractivity contribution in [2.45, 2.75) is 0 Å². The Hall–Kier alpha value is -3.37. The summed E-state index contributed by atoms with van der Waals surface area (Å²) < 4.78 is 1.58. The van der Waals surface area contributed by atoms with Crippen molar-refractivity contribution in [3.05, 3.63) is 93.2 Å². The van der Waals surface area contributed by atoms with Gasteiger partial charge in [-0.2, -0.15) is 0 Å². The molecule has 1 N–H and O–H groups in total. The van der Waals surface area contributed by atoms with E-state index in [0.29, 0.717) is 21.8 Å². The summed E-state index contributed by atoms with van der Waals surface area (Å²) >= 11 is 5.98. The normalized spacial score (nSPS) is 12.1. The van der Waals surface area contributed by atoms with Crippen molar-refractivity contribution in [1.29, 1.82) is 0 Å². The third-order valence-corrected chi connectivity index (χ3v) is 5.48. The van der Waals surface area contributed by atoms with Gasteiger partial charge in [-0.3, -0.25) is 9.59 Å². The van der Waals surface area contributed by atoms with Crippen LogP contribution in [0.2, 0.25) is 5.02 Å². The van der Waals surface area contributed by atoms with E-state index in [1.807, 2.05) is 48.5 Å². The van der Waals surface area contributed by atoms with Crippen LogP contribution in [-0.2, 0) is 7.05 Å². The maximum absolute atomic E-state index is 13.4. The highest BCUT2D eigenvalue weighted by molar-refractivity contribution is 6.30. The molecule has 0 saturated carbocycles. The van der Waals surface area contributed by atoms with Gasteiger partial charge in [0.2, 0.25) is 0 Å². The maximum atomic E-state index is 13.4. The van der Waals surface area contributed by atoms with Crippen LogP contribution in [0.25, 0.3) is 22.0 Å². The van der Waals surface area contributed by atoms with Crippen molar-refractivity contribution in [2.75, 3.05) is 5.32 Å². The number of aryl methyl sites for hydroxylation is 1. The quantitative estimate of drug-likeness (QED) is 0.456. The first-order chi connectivity index (χ1) is 13.5. The van der Waals surface area contributed by atoms with Gasteiger partial charge >= 0.3 is 0 Å². The van der Waals surface area contributed by atoms with E-state index in [-0.39, 0.29) is 11.3 Å². The Labute approximate surface area is 166 Å². The fourth-order valence-corrected chi connectivity index (χ4v) is 3.97. The minimum atomic E-state index is -0.101. The number of fused-ring (bicyclic) bond motifs is 2. The lowest BCUT2D eigenvalue weighted by atomic mass is 9.83. The van der Waals surface area contributed by atoms with Gasteiger partial charge in [-0.15, -0.1) is 0 Å². The molecule has 3 aromatic carbocycles. The first kappa shape index (κ1) is 16.8. The lowest BCUT2D eigenvalue weighted by Crippen LogP contribution is -2.21. The number of carbonyl (C=O) groups is 1. The molecule has 0 aliphatic heterocycles. The summed E-state index contributed by atoms with van der Waals surface area (Å²) in [5.74, 6) is -0.0520. The summed E-state index contributed by atoms with van der Waals surface area (Å²) in [4.78, 5) is 25.9. The molecule has 0 fully saturated rings. The number of halogens is 1. The number of hydrogen-bond donors (Lipinski definition) is 1. The number of nitrogens with zero attached hydrogens (tertiary/aromatic N) is 1. The number of ketones is 1. The molecular weight excluding hydrogens is 372 g/mol. The first-order valence-corrected chi connectivity index (χ1v) is 9.26. The molecule has 1 heterocycles. The van der Waals surface area contributed by atoms with Crippen molar-refractivity contribution in [1.82, 2.24) is 4.57 Å². The molecule has 1 aliphatic rings. The summed E-state index contributed by atoms with van der Waals surface area (Å²) in [5.41, 5.74) is 4.95. The lowest BCUT2D eigenvalue weighted by molar-refractivity contribution is 0.104. The number of nitrogens with one attached hydrogen (secondary N) is 1. The van der Waals surface area contributed by atoms with Gasteiger partial charge in [0, 0.05) is 34.8 Å². The predicted molar refractivity (Wildman–Crippen MR) is 113 cm³/mol. The van der Waals surface area contributed by atoms with Crippen molar-refractivity contribution < 1.29 is 4.79 Å². The molecule has 0 amide bonds. The number of carbonyl (C=O) groups excluding carboxylic acids is 1. The molecule has 4 aromatic rings. The molecule has 136 valence electrons. The molecule has 0 unspecified atom stereocenters. The molecule has 1 aromatic heterocycles. The first-order valence-electron chi connectivity index (χ1n) is 8.88. The van der Waals surface area contributed by atoms with E-state index in [4.69, 9.17) is 11.6 Å². The Morgan fingerprint density at radius 3 is 2.32 bits per heavy atom. The highest BCUT2D eigenvalue weighted by Crippen LogP contribution is 2.41. The van der Waals surface area contributed by atoms with Crippen molar-refractivity contribution >= 4 is 39.7 Å². The van der Waals surface area contributed by atoms with Crippen LogP contribution in [0.4, 0.5) is 11.4 Å². The van der Waals surface area contributed by atoms with E-state index in [2.05, 4.69) is 5.32 Å². The van der Waals surface area contributed by atoms with E-state index < -0.39 is 0 Å². The Morgan fingerprint density at radius 2 is 1.57 bits per heavy atom. The Balaban J connectivity index is 1.84. The molecule has 0 saturated heterocycles. The lowest BCUT2D eigenvalue weighted by Gasteiger charge is -2.23. The second-order valence-corrected chi connectivity index (χ2v) is 7.28. The van der Waals surface area contributed by atoms with E-state index in [0.717, 1.165) is 27.7 Å². The molecule has 1 aliphatic carbocycles. The molecule has 0 radical (unpaired) electrons. The summed E-state index contributed by atoms with van der Waals surface area (Å²) in [5, 5.41) is 4.77. The van der Waals surface area contributed by atoms with Crippen LogP contribution in [0.15, 0.2) is 71.5 Å². The van der Waals surface area contributed by atoms with E-state index in [1.165, 1.54) is 0 Å². The number of hydrogen-bond acceptors (Lipinski definition) is 3. The second kappa shape index (κ2) is 6.08. The van der Waals surface area contributed by atoms with Gasteiger partial charge < -0.3 is 9.88 Å². The van der Waals surface area contributed by atoms with Gasteiger partial charge in [-0.25, -0.2) is 0 Å². The van der Waals surface area contributed by atoms with E-state index in [1.54, 1.807) is 29.8 Å². The largest absolute Gasteiger partial charge is 0.355 e. The monoisotopic (exact) mass is 386 g/mol. The highest BCUT2D eigenvalue weighted by Gasteiger charge is 2.28. The van der Waals surface area contributed by atoms with Gasteiger partial charge in [0.25, 0.3) is 5.56 Å². The summed E-state index contributed by atoms with van der Waals surface area (Å²) in [6.07, 6.45) is 0. The number of rotatable bonds is 2. The predicted octanol–water partition coefficient (Wildman–Crippen LogP) is 5.15. The zero-order valence-corrected chi connectivity index (χ0v) is 15.7. The zero-order valence-electron chi connectivity index (χ0n) is 15.0. The van der Waals surface area contributed by atoms with Crippen molar-refractivity contribution in [3.8, 4) is 11.1 Å². The maximum Gasteiger partial charge on any atom is 0.251 e. The van der Waals surface area contributed by atoms with Crippen LogP contribution in [0.1, 0.15) is 15.9 Å². The highest BCUT2D eigenvalue weighted by atomic mass is 35.5. The summed E-state index contributed by atoms with van der Waals surface area (Å²) in [7, 11) is 1.72. The van der Waals surface area contributed by atoms with Gasteiger partial charge in [-0.1, -0.05) is 35.9 Å². The van der Waals surface area contributed by atoms with E-state index in [9.17, 15) is 9.59 Å². The van der Waals surface area contributed by atoms with Crippen LogP contribution >= 0.6 is 11.6 Å². The number of aromatic nitrogens is 1. The second-order valence-electron chi connectivity index (χ2n) is 6.84. The Bertz CT molecular complexity index is 1340. The van der Waals surface area contributed by atoms with E-state index >= 15 is 0 Å². The van der Waals surface area contributed by atoms with Crippen LogP contribution < -0.4 is 10.9 Å². The fourth-order valence-electron chi connectivity index (χ4n) is 3.85. The Morgan fingerprint density at radius 1 is 0.857 bits per heavy atom. The van der Waals surface area contributed by atoms with Crippen LogP contribution in [-0.4, -0.2) is 10.4 Å². The molecule has 28 heavy (non-hydrogen) atoms. The average Bonchev–Trinajstić information content (AvgIpc) is 2.71. The molecular formula is C23H15ClN2O2. The van der Waals surface area contributed by atoms with Crippen LogP contribution in [0.3, 0.4) is 0 Å². The third kappa shape index (κ3) is 2.38. The van der Waals surface area contributed by atoms with Crippen molar-refractivity contribution in [3.63, 3.8) is 0 Å². The van der Waals surface area contributed by atoms with Gasteiger partial charge in [-0.05, 0) is 47.5 Å². The smallest absolute Gasteiger partial charge is 0.251 e. The minimum Gasteiger partial charge on any atom is -0.355 e. The van der Waals surface area contributed by atoms with Crippen LogP contribution in [0, 0.1) is 0 Å². The molecule has 0 spiro atoms. The fraction of sp³-hybridized carbons (Fsp3) is 0.0435. The van der Waals surface area contributed by atoms with Gasteiger partial charge in [0.1, 0.15) is 0 Å². The SMILES string of the molecule is Cn1c(=O)cc2c3c(c(Nc4ccc(Cl)cc4)ccc31)C(=O)c1ccccc1-2. The standard InChI is InChI=1S/C23H15ClN2O2/c1-26-19-11-10-18(25-14-8-6-13(24)7-9-14)22-21(19)17(12-20(26)27)15-4-2-3-5-16(15)23(22)28/h2-12,25H,1H3. The van der Waals surface area contributed by atoms with Crippen molar-refractivity contribution in [2.24, 2.45) is 7.05 Å². The molecule has 4 nitrogen and oxygen atoms in total. The summed E-state index contributed by atoms with van der Waals surface area (Å²) in [6.45, 7) is 0. The molecule has 0 bridgehead atoms. The third-order valence-electron chi connectivity index (χ3n) is 5.22. The number of anilines is 2. The zero-order chi connectivity index (χ0) is 19.4. The molecule has 5 rings (SSSR count). The molecule has 5 heteroatoms. The average molecular weight is 387 g/mol.